The average Bonchev–Trinajstić information content (AvgIpc) is 2.97. The van der Waals surface area contributed by atoms with Gasteiger partial charge in [0.1, 0.15) is 11.4 Å². The molecule has 0 fully saturated rings. The molecule has 0 aliphatic heterocycles. The van der Waals surface area contributed by atoms with Gasteiger partial charge in [0.05, 0.1) is 0 Å². The van der Waals surface area contributed by atoms with E-state index in [1.54, 1.807) is 48.5 Å². The van der Waals surface area contributed by atoms with Crippen molar-refractivity contribution in [2.24, 2.45) is 0 Å². The lowest BCUT2D eigenvalue weighted by Gasteiger charge is -2.04. The van der Waals surface area contributed by atoms with Crippen molar-refractivity contribution in [3.05, 3.63) is 59.1 Å². The third-order valence-corrected chi connectivity index (χ3v) is 3.88. The average molecular weight is 342 g/mol. The number of hydrogen-bond donors (Lipinski definition) is 3. The van der Waals surface area contributed by atoms with Crippen LogP contribution in [0.3, 0.4) is 0 Å². The van der Waals surface area contributed by atoms with Gasteiger partial charge in [-0.2, -0.15) is 5.10 Å². The first-order valence-electron chi connectivity index (χ1n) is 7.52. The second-order valence-electron chi connectivity index (χ2n) is 5.24. The first kappa shape index (κ1) is 16.1. The Labute approximate surface area is 144 Å². The first-order chi connectivity index (χ1) is 11.6. The minimum absolute atomic E-state index is 0.0584. The summed E-state index contributed by atoms with van der Waals surface area (Å²) in [6.07, 6.45) is 0. The lowest BCUT2D eigenvalue weighted by molar-refractivity contribution is 0.0956. The number of H-pyrrole nitrogens is 1. The smallest absolute Gasteiger partial charge is 0.251 e. The molecule has 0 aliphatic rings. The van der Waals surface area contributed by atoms with Crippen LogP contribution in [0, 0.1) is 0 Å². The minimum Gasteiger partial charge on any atom is -0.504 e. The molecule has 0 radical (unpaired) electrons. The summed E-state index contributed by atoms with van der Waals surface area (Å²) in [4.78, 5) is 11.8. The fourth-order valence-electron chi connectivity index (χ4n) is 2.40. The number of hydrogen-bond acceptors (Lipinski definition) is 3. The molecule has 3 aromatic rings. The number of aromatic amines is 1. The predicted molar refractivity (Wildman–Crippen MR) is 94.1 cm³/mol. The maximum atomic E-state index is 11.8. The summed E-state index contributed by atoms with van der Waals surface area (Å²) < 4.78 is 0. The molecule has 1 aromatic heterocycles. The fourth-order valence-corrected chi connectivity index (χ4v) is 2.52. The molecule has 122 valence electrons. The molecule has 24 heavy (non-hydrogen) atoms. The van der Waals surface area contributed by atoms with Crippen molar-refractivity contribution in [1.82, 2.24) is 15.5 Å². The predicted octanol–water partition coefficient (Wildman–Crippen LogP) is 3.85. The molecule has 0 atom stereocenters. The molecule has 0 saturated carbocycles. The van der Waals surface area contributed by atoms with Crippen molar-refractivity contribution in [1.29, 1.82) is 0 Å². The van der Waals surface area contributed by atoms with Crippen LogP contribution < -0.4 is 5.32 Å². The molecule has 6 heteroatoms. The Kier molecular flexibility index (Phi) is 4.53. The molecule has 2 aromatic carbocycles. The topological polar surface area (TPSA) is 78.0 Å². The van der Waals surface area contributed by atoms with Gasteiger partial charge < -0.3 is 10.4 Å². The number of nitrogens with one attached hydrogen (secondary N) is 2. The highest BCUT2D eigenvalue weighted by atomic mass is 35.5. The number of carbonyl (C=O) groups is 1. The summed E-state index contributed by atoms with van der Waals surface area (Å²) in [6.45, 7) is 2.44. The Bertz CT molecular complexity index is 855. The molecule has 3 N–H and O–H groups in total. The van der Waals surface area contributed by atoms with Gasteiger partial charge in [0.15, 0.2) is 5.75 Å². The van der Waals surface area contributed by atoms with Crippen molar-refractivity contribution >= 4 is 17.5 Å². The number of benzene rings is 2. The summed E-state index contributed by atoms with van der Waals surface area (Å²) >= 11 is 5.88. The third kappa shape index (κ3) is 3.12. The number of rotatable bonds is 4. The Morgan fingerprint density at radius 1 is 1.12 bits per heavy atom. The van der Waals surface area contributed by atoms with Gasteiger partial charge in [-0.3, -0.25) is 9.89 Å². The van der Waals surface area contributed by atoms with E-state index in [1.165, 1.54) is 0 Å². The number of aromatic nitrogens is 2. The second-order valence-corrected chi connectivity index (χ2v) is 5.68. The Hall–Kier alpha value is -2.79. The van der Waals surface area contributed by atoms with E-state index >= 15 is 0 Å². The second kappa shape index (κ2) is 6.76. The third-order valence-electron chi connectivity index (χ3n) is 3.63. The van der Waals surface area contributed by atoms with Crippen molar-refractivity contribution in [3.63, 3.8) is 0 Å². The number of nitrogens with zero attached hydrogens (tertiary/aromatic N) is 1. The highest BCUT2D eigenvalue weighted by Gasteiger charge is 2.16. The lowest BCUT2D eigenvalue weighted by atomic mass is 10.1. The molecule has 5 nitrogen and oxygen atoms in total. The largest absolute Gasteiger partial charge is 0.504 e. The van der Waals surface area contributed by atoms with Crippen molar-refractivity contribution in [2.75, 3.05) is 6.54 Å². The zero-order valence-electron chi connectivity index (χ0n) is 13.0. The van der Waals surface area contributed by atoms with Gasteiger partial charge in [0.2, 0.25) is 0 Å². The number of amides is 1. The van der Waals surface area contributed by atoms with E-state index in [-0.39, 0.29) is 11.7 Å². The molecule has 1 heterocycles. The van der Waals surface area contributed by atoms with Crippen LogP contribution in [-0.2, 0) is 0 Å². The first-order valence-corrected chi connectivity index (χ1v) is 7.90. The summed E-state index contributed by atoms with van der Waals surface area (Å²) in [5, 5.41) is 20.9. The summed E-state index contributed by atoms with van der Waals surface area (Å²) in [7, 11) is 0. The van der Waals surface area contributed by atoms with E-state index < -0.39 is 0 Å². The van der Waals surface area contributed by atoms with E-state index in [9.17, 15) is 9.90 Å². The highest BCUT2D eigenvalue weighted by molar-refractivity contribution is 6.30. The molecular formula is C18H16ClN3O2. The standard InChI is InChI=1S/C18H16ClN3O2/c1-2-20-18(24)13-5-3-11(4-6-13)15-17(23)16(22-21-15)12-7-9-14(19)10-8-12/h3-10,23H,2H2,1H3,(H,20,24)(H,21,22). The van der Waals surface area contributed by atoms with Gasteiger partial charge in [-0.25, -0.2) is 0 Å². The van der Waals surface area contributed by atoms with Gasteiger partial charge in [-0.15, -0.1) is 0 Å². The summed E-state index contributed by atoms with van der Waals surface area (Å²) in [5.74, 6) is -0.0692. The van der Waals surface area contributed by atoms with Gasteiger partial charge in [-0.1, -0.05) is 35.9 Å². The maximum absolute atomic E-state index is 11.8. The van der Waals surface area contributed by atoms with Crippen molar-refractivity contribution < 1.29 is 9.90 Å². The molecule has 1 amide bonds. The van der Waals surface area contributed by atoms with Crippen LogP contribution in [0.25, 0.3) is 22.5 Å². The Balaban J connectivity index is 1.91. The molecule has 0 saturated heterocycles. The molecule has 0 aliphatic carbocycles. The van der Waals surface area contributed by atoms with Crippen LogP contribution in [0.15, 0.2) is 48.5 Å². The number of aromatic hydroxyl groups is 1. The highest BCUT2D eigenvalue weighted by Crippen LogP contribution is 2.36. The van der Waals surface area contributed by atoms with Crippen LogP contribution in [-0.4, -0.2) is 27.8 Å². The molecule has 0 bridgehead atoms. The maximum Gasteiger partial charge on any atom is 0.251 e. The molecule has 3 rings (SSSR count). The monoisotopic (exact) mass is 341 g/mol. The van der Waals surface area contributed by atoms with Crippen molar-refractivity contribution in [2.45, 2.75) is 6.92 Å². The Morgan fingerprint density at radius 2 is 1.75 bits per heavy atom. The minimum atomic E-state index is -0.128. The normalized spacial score (nSPS) is 10.6. The van der Waals surface area contributed by atoms with Crippen LogP contribution >= 0.6 is 11.6 Å². The van der Waals surface area contributed by atoms with E-state index in [4.69, 9.17) is 11.6 Å². The summed E-state index contributed by atoms with van der Waals surface area (Å²) in [6, 6.07) is 14.0. The van der Waals surface area contributed by atoms with Crippen molar-refractivity contribution in [3.8, 4) is 28.3 Å². The van der Waals surface area contributed by atoms with E-state index in [0.717, 1.165) is 11.1 Å². The SMILES string of the molecule is CCNC(=O)c1ccc(-c2n[nH]c(-c3ccc(Cl)cc3)c2O)cc1. The van der Waals surface area contributed by atoms with Gasteiger partial charge >= 0.3 is 0 Å². The van der Waals surface area contributed by atoms with E-state index in [2.05, 4.69) is 15.5 Å². The van der Waals surface area contributed by atoms with Gasteiger partial charge in [-0.05, 0) is 31.2 Å². The van der Waals surface area contributed by atoms with Crippen LogP contribution in [0.4, 0.5) is 0 Å². The quantitative estimate of drug-likeness (QED) is 0.674. The number of carbonyl (C=O) groups excluding carboxylic acids is 1. The van der Waals surface area contributed by atoms with Gasteiger partial charge in [0.25, 0.3) is 5.91 Å². The lowest BCUT2D eigenvalue weighted by Crippen LogP contribution is -2.22. The molecular weight excluding hydrogens is 326 g/mol. The van der Waals surface area contributed by atoms with Crippen LogP contribution in [0.5, 0.6) is 5.75 Å². The van der Waals surface area contributed by atoms with Gasteiger partial charge in [0, 0.05) is 28.3 Å². The van der Waals surface area contributed by atoms with E-state index in [1.807, 2.05) is 6.92 Å². The zero-order valence-corrected chi connectivity index (χ0v) is 13.8. The number of halogens is 1. The fraction of sp³-hybridized carbons (Fsp3) is 0.111. The zero-order chi connectivity index (χ0) is 17.1. The molecule has 0 spiro atoms. The summed E-state index contributed by atoms with van der Waals surface area (Å²) in [5.41, 5.74) is 3.03. The van der Waals surface area contributed by atoms with E-state index in [0.29, 0.717) is 28.5 Å². The molecule has 0 unspecified atom stereocenters. The Morgan fingerprint density at radius 3 is 2.38 bits per heavy atom. The van der Waals surface area contributed by atoms with Crippen LogP contribution in [0.2, 0.25) is 5.02 Å². The van der Waals surface area contributed by atoms with Crippen LogP contribution in [0.1, 0.15) is 17.3 Å².